The molecule has 0 aliphatic heterocycles. The van der Waals surface area contributed by atoms with Gasteiger partial charge in [0.2, 0.25) is 0 Å². The standard InChI is InChI=1S/C11H8Br2N2OS/c1-15-9(8(13)5-14-15)2-3-10(16)11-4-7(12)6-17-11/h2-6H,1H3/b3-2+. The summed E-state index contributed by atoms with van der Waals surface area (Å²) in [5, 5.41) is 5.96. The van der Waals surface area contributed by atoms with Gasteiger partial charge in [-0.3, -0.25) is 9.48 Å². The molecule has 0 unspecified atom stereocenters. The zero-order valence-electron chi connectivity index (χ0n) is 8.85. The molecule has 3 nitrogen and oxygen atoms in total. The van der Waals surface area contributed by atoms with Crippen molar-refractivity contribution < 1.29 is 4.79 Å². The van der Waals surface area contributed by atoms with Gasteiger partial charge in [-0.15, -0.1) is 11.3 Å². The highest BCUT2D eigenvalue weighted by molar-refractivity contribution is 9.10. The van der Waals surface area contributed by atoms with Crippen LogP contribution in [-0.4, -0.2) is 15.6 Å². The summed E-state index contributed by atoms with van der Waals surface area (Å²) in [6.45, 7) is 0. The van der Waals surface area contributed by atoms with Crippen molar-refractivity contribution in [1.82, 2.24) is 9.78 Å². The molecular formula is C11H8Br2N2OS. The Hall–Kier alpha value is -0.720. The highest BCUT2D eigenvalue weighted by Gasteiger charge is 2.06. The molecule has 0 N–H and O–H groups in total. The number of hydrogen-bond donors (Lipinski definition) is 0. The monoisotopic (exact) mass is 374 g/mol. The van der Waals surface area contributed by atoms with Crippen LogP contribution in [0.2, 0.25) is 0 Å². The van der Waals surface area contributed by atoms with Crippen molar-refractivity contribution in [2.75, 3.05) is 0 Å². The molecule has 0 aromatic carbocycles. The van der Waals surface area contributed by atoms with Gasteiger partial charge in [0, 0.05) is 16.9 Å². The van der Waals surface area contributed by atoms with Crippen molar-refractivity contribution in [2.45, 2.75) is 0 Å². The number of carbonyl (C=O) groups is 1. The molecule has 17 heavy (non-hydrogen) atoms. The number of hydrogen-bond acceptors (Lipinski definition) is 3. The number of thiophene rings is 1. The van der Waals surface area contributed by atoms with E-state index in [-0.39, 0.29) is 5.78 Å². The first kappa shape index (κ1) is 12.7. The van der Waals surface area contributed by atoms with Crippen molar-refractivity contribution >= 4 is 55.1 Å². The molecule has 2 rings (SSSR count). The maximum atomic E-state index is 11.8. The highest BCUT2D eigenvalue weighted by atomic mass is 79.9. The summed E-state index contributed by atoms with van der Waals surface area (Å²) >= 11 is 8.12. The fraction of sp³-hybridized carbons (Fsp3) is 0.0909. The minimum absolute atomic E-state index is 0.00574. The molecule has 0 atom stereocenters. The van der Waals surface area contributed by atoms with Crippen LogP contribution in [0, 0.1) is 0 Å². The Labute approximate surface area is 119 Å². The van der Waals surface area contributed by atoms with Gasteiger partial charge in [0.1, 0.15) is 0 Å². The Morgan fingerprint density at radius 2 is 2.29 bits per heavy atom. The summed E-state index contributed by atoms with van der Waals surface area (Å²) in [6, 6.07) is 1.82. The predicted octanol–water partition coefficient (Wildman–Crippen LogP) is 3.90. The Balaban J connectivity index is 2.19. The number of halogens is 2. The second-order valence-electron chi connectivity index (χ2n) is 3.33. The molecular weight excluding hydrogens is 368 g/mol. The van der Waals surface area contributed by atoms with Crippen LogP contribution in [0.25, 0.3) is 6.08 Å². The van der Waals surface area contributed by atoms with E-state index in [2.05, 4.69) is 37.0 Å². The molecule has 0 bridgehead atoms. The van der Waals surface area contributed by atoms with Gasteiger partial charge in [-0.05, 0) is 50.1 Å². The van der Waals surface area contributed by atoms with Crippen LogP contribution in [0.4, 0.5) is 0 Å². The maximum Gasteiger partial charge on any atom is 0.195 e. The van der Waals surface area contributed by atoms with Crippen LogP contribution in [-0.2, 0) is 7.05 Å². The molecule has 0 spiro atoms. The summed E-state index contributed by atoms with van der Waals surface area (Å²) in [7, 11) is 1.83. The minimum Gasteiger partial charge on any atom is -0.288 e. The lowest BCUT2D eigenvalue weighted by Crippen LogP contribution is -1.94. The second kappa shape index (κ2) is 5.29. The van der Waals surface area contributed by atoms with Crippen LogP contribution >= 0.6 is 43.2 Å². The Morgan fingerprint density at radius 3 is 2.82 bits per heavy atom. The number of aryl methyl sites for hydroxylation is 1. The van der Waals surface area contributed by atoms with Gasteiger partial charge >= 0.3 is 0 Å². The molecule has 0 saturated heterocycles. The molecule has 0 aliphatic rings. The van der Waals surface area contributed by atoms with E-state index in [0.29, 0.717) is 4.88 Å². The summed E-state index contributed by atoms with van der Waals surface area (Å²) in [5.74, 6) is -0.00574. The fourth-order valence-corrected chi connectivity index (χ4v) is 3.11. The first-order valence-corrected chi connectivity index (χ1v) is 7.18. The molecule has 0 aliphatic carbocycles. The van der Waals surface area contributed by atoms with Gasteiger partial charge in [-0.25, -0.2) is 0 Å². The number of carbonyl (C=O) groups excluding carboxylic acids is 1. The number of ketones is 1. The molecule has 2 heterocycles. The van der Waals surface area contributed by atoms with Gasteiger partial charge in [-0.1, -0.05) is 0 Å². The molecule has 88 valence electrons. The second-order valence-corrected chi connectivity index (χ2v) is 6.01. The lowest BCUT2D eigenvalue weighted by molar-refractivity contribution is 0.105. The quantitative estimate of drug-likeness (QED) is 0.602. The van der Waals surface area contributed by atoms with Crippen LogP contribution in [0.3, 0.4) is 0 Å². The van der Waals surface area contributed by atoms with E-state index < -0.39 is 0 Å². The lowest BCUT2D eigenvalue weighted by atomic mass is 10.2. The van der Waals surface area contributed by atoms with E-state index >= 15 is 0 Å². The topological polar surface area (TPSA) is 34.9 Å². The predicted molar refractivity (Wildman–Crippen MR) is 76.3 cm³/mol. The number of aromatic nitrogens is 2. The van der Waals surface area contributed by atoms with E-state index in [9.17, 15) is 4.79 Å². The highest BCUT2D eigenvalue weighted by Crippen LogP contribution is 2.21. The summed E-state index contributed by atoms with van der Waals surface area (Å²) in [6.07, 6.45) is 5.01. The molecule has 2 aromatic rings. The van der Waals surface area contributed by atoms with E-state index in [1.807, 2.05) is 18.5 Å². The SMILES string of the molecule is Cn1ncc(Br)c1/C=C/C(=O)c1cc(Br)cs1. The maximum absolute atomic E-state index is 11.8. The fourth-order valence-electron chi connectivity index (χ4n) is 1.29. The first-order valence-electron chi connectivity index (χ1n) is 4.72. The van der Waals surface area contributed by atoms with E-state index in [4.69, 9.17) is 0 Å². The van der Waals surface area contributed by atoms with Crippen LogP contribution in [0.5, 0.6) is 0 Å². The van der Waals surface area contributed by atoms with Gasteiger partial charge in [0.05, 0.1) is 21.2 Å². The Kier molecular flexibility index (Phi) is 3.96. The zero-order chi connectivity index (χ0) is 12.4. The van der Waals surface area contributed by atoms with Crippen molar-refractivity contribution in [3.05, 3.63) is 43.2 Å². The zero-order valence-corrected chi connectivity index (χ0v) is 12.8. The summed E-state index contributed by atoms with van der Waals surface area (Å²) < 4.78 is 3.51. The Bertz CT molecular complexity index is 567. The number of allylic oxidation sites excluding steroid dienone is 1. The third-order valence-electron chi connectivity index (χ3n) is 2.14. The summed E-state index contributed by atoms with van der Waals surface area (Å²) in [5.41, 5.74) is 0.869. The molecule has 0 radical (unpaired) electrons. The lowest BCUT2D eigenvalue weighted by Gasteiger charge is -1.94. The first-order chi connectivity index (χ1) is 8.08. The van der Waals surface area contributed by atoms with Gasteiger partial charge in [0.25, 0.3) is 0 Å². The molecule has 2 aromatic heterocycles. The third kappa shape index (κ3) is 2.94. The van der Waals surface area contributed by atoms with Crippen LogP contribution in [0.15, 0.2) is 32.7 Å². The largest absolute Gasteiger partial charge is 0.288 e. The molecule has 0 fully saturated rings. The number of rotatable bonds is 3. The molecule has 0 amide bonds. The number of nitrogens with zero attached hydrogens (tertiary/aromatic N) is 2. The average Bonchev–Trinajstić information content (AvgIpc) is 2.84. The normalized spacial score (nSPS) is 11.2. The smallest absolute Gasteiger partial charge is 0.195 e. The van der Waals surface area contributed by atoms with Crippen molar-refractivity contribution in [3.63, 3.8) is 0 Å². The third-order valence-corrected chi connectivity index (χ3v) is 4.46. The minimum atomic E-state index is -0.00574. The van der Waals surface area contributed by atoms with Crippen molar-refractivity contribution in [1.29, 1.82) is 0 Å². The van der Waals surface area contributed by atoms with E-state index in [1.54, 1.807) is 23.0 Å². The average molecular weight is 376 g/mol. The van der Waals surface area contributed by atoms with Crippen LogP contribution < -0.4 is 0 Å². The molecule has 6 heteroatoms. The van der Waals surface area contributed by atoms with Crippen LogP contribution in [0.1, 0.15) is 15.4 Å². The van der Waals surface area contributed by atoms with E-state index in [1.165, 1.54) is 11.3 Å². The van der Waals surface area contributed by atoms with Gasteiger partial charge in [0.15, 0.2) is 5.78 Å². The van der Waals surface area contributed by atoms with Gasteiger partial charge < -0.3 is 0 Å². The Morgan fingerprint density at radius 1 is 1.53 bits per heavy atom. The van der Waals surface area contributed by atoms with E-state index in [0.717, 1.165) is 14.6 Å². The van der Waals surface area contributed by atoms with Crippen molar-refractivity contribution in [2.24, 2.45) is 7.05 Å². The summed E-state index contributed by atoms with van der Waals surface area (Å²) in [4.78, 5) is 12.5. The molecule has 0 saturated carbocycles. The van der Waals surface area contributed by atoms with Gasteiger partial charge in [-0.2, -0.15) is 5.10 Å². The van der Waals surface area contributed by atoms with Crippen molar-refractivity contribution in [3.8, 4) is 0 Å².